The highest BCUT2D eigenvalue weighted by Gasteiger charge is 2.23. The minimum absolute atomic E-state index is 0.0509. The third-order valence-corrected chi connectivity index (χ3v) is 4.13. The molecule has 1 aromatic carbocycles. The summed E-state index contributed by atoms with van der Waals surface area (Å²) in [6, 6.07) is 2.90. The number of hydrogen-bond acceptors (Lipinski definition) is 3. The maximum absolute atomic E-state index is 13.8. The Hall–Kier alpha value is -2.48. The quantitative estimate of drug-likeness (QED) is 0.871. The summed E-state index contributed by atoms with van der Waals surface area (Å²) in [5.74, 6) is -1.35. The Morgan fingerprint density at radius 3 is 3.04 bits per heavy atom. The Kier molecular flexibility index (Phi) is 5.28. The topological polar surface area (TPSA) is 68.2 Å². The lowest BCUT2D eigenvalue weighted by molar-refractivity contribution is 0.0860. The molecule has 1 fully saturated rings. The summed E-state index contributed by atoms with van der Waals surface area (Å²) < 4.78 is 33.6. The van der Waals surface area contributed by atoms with Crippen molar-refractivity contribution in [2.24, 2.45) is 0 Å². The molecule has 2 atom stereocenters. The molecule has 0 aliphatic carbocycles. The van der Waals surface area contributed by atoms with Crippen molar-refractivity contribution in [3.63, 3.8) is 0 Å². The molecule has 0 spiro atoms. The second-order valence-electron chi connectivity index (χ2n) is 6.06. The number of carbonyl (C=O) groups excluding carboxylic acids is 1. The highest BCUT2D eigenvalue weighted by Crippen LogP contribution is 2.16. The Labute approximate surface area is 144 Å². The molecular formula is C17H20F2N4O2. The van der Waals surface area contributed by atoms with Crippen LogP contribution in [0.15, 0.2) is 30.6 Å². The molecule has 6 nitrogen and oxygen atoms in total. The summed E-state index contributed by atoms with van der Waals surface area (Å²) in [6.07, 6.45) is 5.11. The van der Waals surface area contributed by atoms with E-state index >= 15 is 0 Å². The van der Waals surface area contributed by atoms with E-state index in [1.54, 1.807) is 6.20 Å². The largest absolute Gasteiger partial charge is 0.376 e. The number of hydrogen-bond donors (Lipinski definition) is 2. The third-order valence-electron chi connectivity index (χ3n) is 4.13. The van der Waals surface area contributed by atoms with E-state index in [0.717, 1.165) is 31.6 Å². The molecule has 25 heavy (non-hydrogen) atoms. The first-order valence-electron chi connectivity index (χ1n) is 8.18. The number of urea groups is 1. The van der Waals surface area contributed by atoms with Gasteiger partial charge in [0.05, 0.1) is 18.3 Å². The summed E-state index contributed by atoms with van der Waals surface area (Å²) in [6.45, 7) is 2.88. The fourth-order valence-corrected chi connectivity index (χ4v) is 2.78. The van der Waals surface area contributed by atoms with E-state index in [4.69, 9.17) is 4.74 Å². The molecule has 2 N–H and O–H groups in total. The Morgan fingerprint density at radius 2 is 2.32 bits per heavy atom. The molecule has 2 aromatic rings. The van der Waals surface area contributed by atoms with Crippen molar-refractivity contribution in [1.29, 1.82) is 0 Å². The Balaban J connectivity index is 1.53. The number of carbonyl (C=O) groups is 1. The Bertz CT molecular complexity index is 744. The van der Waals surface area contributed by atoms with Crippen LogP contribution in [0.1, 0.15) is 25.3 Å². The van der Waals surface area contributed by atoms with Crippen molar-refractivity contribution in [3.05, 3.63) is 47.8 Å². The molecule has 2 heterocycles. The first-order valence-corrected chi connectivity index (χ1v) is 8.18. The lowest BCUT2D eigenvalue weighted by Gasteiger charge is -2.20. The minimum atomic E-state index is -0.703. The lowest BCUT2D eigenvalue weighted by atomic mass is 10.1. The summed E-state index contributed by atoms with van der Waals surface area (Å²) in [5.41, 5.74) is 0.841. The van der Waals surface area contributed by atoms with Crippen molar-refractivity contribution in [3.8, 4) is 5.69 Å². The predicted octanol–water partition coefficient (Wildman–Crippen LogP) is 2.52. The molecule has 2 amide bonds. The average Bonchev–Trinajstić information content (AvgIpc) is 3.25. The first kappa shape index (κ1) is 17.3. The zero-order chi connectivity index (χ0) is 17.8. The van der Waals surface area contributed by atoms with Gasteiger partial charge in [-0.25, -0.2) is 18.3 Å². The first-order chi connectivity index (χ1) is 12.0. The van der Waals surface area contributed by atoms with E-state index in [1.165, 1.54) is 16.9 Å². The average molecular weight is 350 g/mol. The second-order valence-corrected chi connectivity index (χ2v) is 6.06. The molecule has 1 saturated heterocycles. The van der Waals surface area contributed by atoms with Crippen LogP contribution in [-0.2, 0) is 11.3 Å². The summed E-state index contributed by atoms with van der Waals surface area (Å²) in [7, 11) is 0. The van der Waals surface area contributed by atoms with E-state index in [2.05, 4.69) is 15.7 Å². The highest BCUT2D eigenvalue weighted by molar-refractivity contribution is 5.74. The summed E-state index contributed by atoms with van der Waals surface area (Å²) >= 11 is 0. The van der Waals surface area contributed by atoms with Crippen molar-refractivity contribution < 1.29 is 18.3 Å². The van der Waals surface area contributed by atoms with Crippen LogP contribution in [0, 0.1) is 11.6 Å². The monoisotopic (exact) mass is 350 g/mol. The van der Waals surface area contributed by atoms with Gasteiger partial charge in [-0.2, -0.15) is 5.10 Å². The fraction of sp³-hybridized carbons (Fsp3) is 0.412. The van der Waals surface area contributed by atoms with Gasteiger partial charge < -0.3 is 15.4 Å². The van der Waals surface area contributed by atoms with Crippen molar-refractivity contribution in [2.45, 2.75) is 38.5 Å². The van der Waals surface area contributed by atoms with Gasteiger partial charge in [-0.1, -0.05) is 0 Å². The number of nitrogens with one attached hydrogen (secondary N) is 2. The Morgan fingerprint density at radius 1 is 1.48 bits per heavy atom. The fourth-order valence-electron chi connectivity index (χ4n) is 2.78. The van der Waals surface area contributed by atoms with Gasteiger partial charge in [0.15, 0.2) is 5.82 Å². The maximum Gasteiger partial charge on any atom is 0.315 e. The standard InChI is InChI=1S/C17H20F2N4O2/c1-11(16-3-2-6-25-16)22-17(24)20-8-12-9-21-23(10-12)15-5-4-13(18)7-14(15)19/h4-5,7,9-11,16H,2-3,6,8H2,1H3,(H2,20,22,24). The molecule has 0 bridgehead atoms. The molecule has 1 aliphatic heterocycles. The van der Waals surface area contributed by atoms with Gasteiger partial charge in [-0.3, -0.25) is 0 Å². The number of amides is 2. The van der Waals surface area contributed by atoms with E-state index in [9.17, 15) is 13.6 Å². The molecule has 3 rings (SSSR count). The number of ether oxygens (including phenoxy) is 1. The molecule has 0 saturated carbocycles. The number of benzene rings is 1. The van der Waals surface area contributed by atoms with Crippen LogP contribution >= 0.6 is 0 Å². The SMILES string of the molecule is CC(NC(=O)NCc1cnn(-c2ccc(F)cc2F)c1)C1CCCO1. The minimum Gasteiger partial charge on any atom is -0.376 e. The molecule has 1 aliphatic rings. The number of aromatic nitrogens is 2. The van der Waals surface area contributed by atoms with Crippen LogP contribution in [0.2, 0.25) is 0 Å². The van der Waals surface area contributed by atoms with Gasteiger partial charge in [0.1, 0.15) is 11.5 Å². The van der Waals surface area contributed by atoms with Crippen LogP contribution in [0.3, 0.4) is 0 Å². The van der Waals surface area contributed by atoms with E-state index in [1.807, 2.05) is 6.92 Å². The zero-order valence-corrected chi connectivity index (χ0v) is 13.8. The van der Waals surface area contributed by atoms with Crippen molar-refractivity contribution >= 4 is 6.03 Å². The summed E-state index contributed by atoms with van der Waals surface area (Å²) in [4.78, 5) is 11.9. The molecular weight excluding hydrogens is 330 g/mol. The predicted molar refractivity (Wildman–Crippen MR) is 87.3 cm³/mol. The second kappa shape index (κ2) is 7.60. The molecule has 0 radical (unpaired) electrons. The van der Waals surface area contributed by atoms with Gasteiger partial charge in [0.2, 0.25) is 0 Å². The lowest BCUT2D eigenvalue weighted by Crippen LogP contribution is -2.45. The van der Waals surface area contributed by atoms with Crippen LogP contribution in [-0.4, -0.2) is 34.6 Å². The zero-order valence-electron chi connectivity index (χ0n) is 13.8. The van der Waals surface area contributed by atoms with Crippen LogP contribution in [0.4, 0.5) is 13.6 Å². The normalized spacial score (nSPS) is 18.1. The number of nitrogens with zero attached hydrogens (tertiary/aromatic N) is 2. The molecule has 134 valence electrons. The van der Waals surface area contributed by atoms with Crippen LogP contribution in [0.25, 0.3) is 5.69 Å². The number of rotatable bonds is 5. The van der Waals surface area contributed by atoms with Crippen molar-refractivity contribution in [2.75, 3.05) is 6.61 Å². The molecule has 1 aromatic heterocycles. The van der Waals surface area contributed by atoms with E-state index in [0.29, 0.717) is 5.56 Å². The van der Waals surface area contributed by atoms with Gasteiger partial charge in [0, 0.05) is 31.0 Å². The molecule has 8 heteroatoms. The van der Waals surface area contributed by atoms with E-state index < -0.39 is 11.6 Å². The van der Waals surface area contributed by atoms with Crippen molar-refractivity contribution in [1.82, 2.24) is 20.4 Å². The third kappa shape index (κ3) is 4.33. The van der Waals surface area contributed by atoms with Gasteiger partial charge >= 0.3 is 6.03 Å². The van der Waals surface area contributed by atoms with E-state index in [-0.39, 0.29) is 30.4 Å². The smallest absolute Gasteiger partial charge is 0.315 e. The van der Waals surface area contributed by atoms with Crippen LogP contribution in [0.5, 0.6) is 0 Å². The van der Waals surface area contributed by atoms with Crippen LogP contribution < -0.4 is 10.6 Å². The highest BCUT2D eigenvalue weighted by atomic mass is 19.1. The molecule has 2 unspecified atom stereocenters. The number of halogens is 2. The van der Waals surface area contributed by atoms with Gasteiger partial charge in [-0.05, 0) is 31.9 Å². The van der Waals surface area contributed by atoms with Gasteiger partial charge in [-0.15, -0.1) is 0 Å². The maximum atomic E-state index is 13.8. The van der Waals surface area contributed by atoms with Gasteiger partial charge in [0.25, 0.3) is 0 Å². The summed E-state index contributed by atoms with van der Waals surface area (Å²) in [5, 5.41) is 9.61.